The van der Waals surface area contributed by atoms with E-state index in [4.69, 9.17) is 4.42 Å². The summed E-state index contributed by atoms with van der Waals surface area (Å²) in [6, 6.07) is 14.7. The lowest BCUT2D eigenvalue weighted by molar-refractivity contribution is -0.384. The molecule has 0 bridgehead atoms. The number of nitro groups is 1. The monoisotopic (exact) mass is 324 g/mol. The predicted molar refractivity (Wildman–Crippen MR) is 94.9 cm³/mol. The van der Waals surface area contributed by atoms with Gasteiger partial charge < -0.3 is 4.42 Å². The molecule has 0 spiro atoms. The second-order valence-corrected chi connectivity index (χ2v) is 5.67. The lowest BCUT2D eigenvalue weighted by atomic mass is 10.0. The highest BCUT2D eigenvalue weighted by atomic mass is 16.6. The quantitative estimate of drug-likeness (QED) is 0.480. The molecule has 0 saturated heterocycles. The van der Waals surface area contributed by atoms with Gasteiger partial charge in [-0.1, -0.05) is 44.2 Å². The molecular formula is C19H20N2O3. The summed E-state index contributed by atoms with van der Waals surface area (Å²) in [5.74, 6) is 0.848. The Morgan fingerprint density at radius 1 is 1.08 bits per heavy atom. The molecule has 0 aliphatic heterocycles. The normalized spacial score (nSPS) is 11.3. The number of benzene rings is 2. The van der Waals surface area contributed by atoms with Gasteiger partial charge in [0.2, 0.25) is 0 Å². The Kier molecular flexibility index (Phi) is 4.62. The molecule has 0 amide bonds. The summed E-state index contributed by atoms with van der Waals surface area (Å²) in [6.07, 6.45) is 0. The van der Waals surface area contributed by atoms with E-state index in [2.05, 4.69) is 18.7 Å². The molecule has 0 saturated carbocycles. The molecule has 124 valence electrons. The first-order valence-electron chi connectivity index (χ1n) is 8.11. The predicted octanol–water partition coefficient (Wildman–Crippen LogP) is 4.85. The van der Waals surface area contributed by atoms with Gasteiger partial charge in [-0.25, -0.2) is 0 Å². The minimum atomic E-state index is -0.370. The minimum Gasteiger partial charge on any atom is -0.459 e. The van der Waals surface area contributed by atoms with Crippen LogP contribution in [-0.2, 0) is 6.54 Å². The summed E-state index contributed by atoms with van der Waals surface area (Å²) in [7, 11) is 0. The zero-order valence-electron chi connectivity index (χ0n) is 13.9. The Morgan fingerprint density at radius 3 is 2.42 bits per heavy atom. The summed E-state index contributed by atoms with van der Waals surface area (Å²) in [5, 5.41) is 11.9. The first-order valence-corrected chi connectivity index (χ1v) is 8.11. The fourth-order valence-electron chi connectivity index (χ4n) is 2.93. The molecule has 2 aromatic carbocycles. The molecule has 3 aromatic rings. The summed E-state index contributed by atoms with van der Waals surface area (Å²) < 4.78 is 6.06. The number of hydrogen-bond acceptors (Lipinski definition) is 4. The molecule has 1 aromatic heterocycles. The van der Waals surface area contributed by atoms with Crippen LogP contribution in [0.2, 0.25) is 0 Å². The van der Waals surface area contributed by atoms with Crippen LogP contribution in [0.5, 0.6) is 0 Å². The van der Waals surface area contributed by atoms with Crippen molar-refractivity contribution in [1.82, 2.24) is 4.90 Å². The van der Waals surface area contributed by atoms with Crippen molar-refractivity contribution in [2.45, 2.75) is 20.4 Å². The van der Waals surface area contributed by atoms with Gasteiger partial charge in [0, 0.05) is 23.1 Å². The average Bonchev–Trinajstić information content (AvgIpc) is 2.97. The van der Waals surface area contributed by atoms with Crippen LogP contribution < -0.4 is 0 Å². The standard InChI is InChI=1S/C19H20N2O3/c1-3-20(4-2)13-18-19(14-8-6-5-7-9-14)16-12-15(21(22)23)10-11-17(16)24-18/h5-12H,3-4,13H2,1-2H3. The number of hydrogen-bond donors (Lipinski definition) is 0. The molecule has 3 rings (SSSR count). The minimum absolute atomic E-state index is 0.0786. The molecule has 0 N–H and O–H groups in total. The van der Waals surface area contributed by atoms with Crippen LogP contribution in [0.25, 0.3) is 22.1 Å². The third kappa shape index (κ3) is 3.03. The van der Waals surface area contributed by atoms with Gasteiger partial charge in [0.15, 0.2) is 0 Å². The van der Waals surface area contributed by atoms with Crippen LogP contribution in [0.1, 0.15) is 19.6 Å². The maximum absolute atomic E-state index is 11.1. The van der Waals surface area contributed by atoms with Crippen molar-refractivity contribution in [2.24, 2.45) is 0 Å². The van der Waals surface area contributed by atoms with Crippen LogP contribution >= 0.6 is 0 Å². The molecular weight excluding hydrogens is 304 g/mol. The van der Waals surface area contributed by atoms with E-state index in [1.165, 1.54) is 6.07 Å². The highest BCUT2D eigenvalue weighted by molar-refractivity contribution is 5.97. The maximum Gasteiger partial charge on any atom is 0.270 e. The zero-order valence-corrected chi connectivity index (χ0v) is 13.9. The molecule has 24 heavy (non-hydrogen) atoms. The van der Waals surface area contributed by atoms with E-state index in [9.17, 15) is 10.1 Å². The van der Waals surface area contributed by atoms with Crippen LogP contribution in [-0.4, -0.2) is 22.9 Å². The van der Waals surface area contributed by atoms with Gasteiger partial charge in [-0.15, -0.1) is 0 Å². The van der Waals surface area contributed by atoms with Gasteiger partial charge in [0.25, 0.3) is 5.69 Å². The van der Waals surface area contributed by atoms with Crippen molar-refractivity contribution in [2.75, 3.05) is 13.1 Å². The number of furan rings is 1. The summed E-state index contributed by atoms with van der Waals surface area (Å²) in [6.45, 7) is 6.74. The summed E-state index contributed by atoms with van der Waals surface area (Å²) >= 11 is 0. The van der Waals surface area contributed by atoms with E-state index in [-0.39, 0.29) is 10.6 Å². The molecule has 0 unspecified atom stereocenters. The van der Waals surface area contributed by atoms with Gasteiger partial charge in [-0.3, -0.25) is 15.0 Å². The summed E-state index contributed by atoms with van der Waals surface area (Å²) in [4.78, 5) is 13.0. The molecule has 5 heteroatoms. The topological polar surface area (TPSA) is 59.5 Å². The zero-order chi connectivity index (χ0) is 17.1. The van der Waals surface area contributed by atoms with Crippen LogP contribution in [0.15, 0.2) is 52.9 Å². The van der Waals surface area contributed by atoms with Gasteiger partial charge in [0.1, 0.15) is 11.3 Å². The van der Waals surface area contributed by atoms with Crippen LogP contribution in [0.4, 0.5) is 5.69 Å². The van der Waals surface area contributed by atoms with E-state index in [1.54, 1.807) is 12.1 Å². The number of non-ortho nitro benzene ring substituents is 1. The van der Waals surface area contributed by atoms with E-state index in [0.29, 0.717) is 12.1 Å². The van der Waals surface area contributed by atoms with Crippen molar-refractivity contribution in [3.63, 3.8) is 0 Å². The van der Waals surface area contributed by atoms with Crippen molar-refractivity contribution >= 4 is 16.7 Å². The highest BCUT2D eigenvalue weighted by Crippen LogP contribution is 2.37. The van der Waals surface area contributed by atoms with E-state index < -0.39 is 0 Å². The smallest absolute Gasteiger partial charge is 0.270 e. The third-order valence-corrected chi connectivity index (χ3v) is 4.28. The lowest BCUT2D eigenvalue weighted by Gasteiger charge is -2.17. The van der Waals surface area contributed by atoms with Crippen molar-refractivity contribution in [3.8, 4) is 11.1 Å². The van der Waals surface area contributed by atoms with Gasteiger partial charge in [0.05, 0.1) is 11.5 Å². The first kappa shape index (κ1) is 16.2. The molecule has 0 atom stereocenters. The lowest BCUT2D eigenvalue weighted by Crippen LogP contribution is -2.22. The Balaban J connectivity index is 2.21. The molecule has 0 radical (unpaired) electrons. The third-order valence-electron chi connectivity index (χ3n) is 4.28. The number of nitrogens with zero attached hydrogens (tertiary/aromatic N) is 2. The Hall–Kier alpha value is -2.66. The Labute approximate surface area is 140 Å². The van der Waals surface area contributed by atoms with Crippen LogP contribution in [0.3, 0.4) is 0 Å². The molecule has 0 aliphatic carbocycles. The number of nitro benzene ring substituents is 1. The van der Waals surface area contributed by atoms with Crippen molar-refractivity contribution in [3.05, 3.63) is 64.4 Å². The highest BCUT2D eigenvalue weighted by Gasteiger charge is 2.20. The van der Waals surface area contributed by atoms with Crippen LogP contribution in [0, 0.1) is 10.1 Å². The van der Waals surface area contributed by atoms with Crippen molar-refractivity contribution < 1.29 is 9.34 Å². The van der Waals surface area contributed by atoms with E-state index in [1.807, 2.05) is 30.3 Å². The number of rotatable bonds is 6. The van der Waals surface area contributed by atoms with Crippen molar-refractivity contribution in [1.29, 1.82) is 0 Å². The largest absolute Gasteiger partial charge is 0.459 e. The summed E-state index contributed by atoms with van der Waals surface area (Å²) in [5.41, 5.74) is 2.72. The van der Waals surface area contributed by atoms with E-state index in [0.717, 1.165) is 35.4 Å². The Bertz CT molecular complexity index is 852. The fourth-order valence-corrected chi connectivity index (χ4v) is 2.93. The average molecular weight is 324 g/mol. The molecule has 0 fully saturated rings. The molecule has 5 nitrogen and oxygen atoms in total. The second kappa shape index (κ2) is 6.84. The van der Waals surface area contributed by atoms with Gasteiger partial charge in [-0.05, 0) is 24.7 Å². The molecule has 0 aliphatic rings. The van der Waals surface area contributed by atoms with E-state index >= 15 is 0 Å². The Morgan fingerprint density at radius 2 is 1.79 bits per heavy atom. The first-order chi connectivity index (χ1) is 11.6. The fraction of sp³-hybridized carbons (Fsp3) is 0.263. The molecule has 1 heterocycles. The number of fused-ring (bicyclic) bond motifs is 1. The van der Waals surface area contributed by atoms with Gasteiger partial charge >= 0.3 is 0 Å². The SMILES string of the molecule is CCN(CC)Cc1oc2ccc([N+](=O)[O-])cc2c1-c1ccccc1. The van der Waals surface area contributed by atoms with Gasteiger partial charge in [-0.2, -0.15) is 0 Å². The second-order valence-electron chi connectivity index (χ2n) is 5.67. The maximum atomic E-state index is 11.1.